The van der Waals surface area contributed by atoms with E-state index in [4.69, 9.17) is 9.16 Å². The summed E-state index contributed by atoms with van der Waals surface area (Å²) in [7, 11) is -2.42. The van der Waals surface area contributed by atoms with Crippen LogP contribution in [0.5, 0.6) is 0 Å². The van der Waals surface area contributed by atoms with Crippen LogP contribution in [0.2, 0.25) is 5.04 Å². The summed E-state index contributed by atoms with van der Waals surface area (Å²) in [4.78, 5) is 0. The number of ether oxygens (including phenoxy) is 1. The van der Waals surface area contributed by atoms with E-state index in [0.717, 1.165) is 25.9 Å². The molecule has 0 unspecified atom stereocenters. The number of rotatable bonds is 6. The first kappa shape index (κ1) is 20.1. The summed E-state index contributed by atoms with van der Waals surface area (Å²) in [6, 6.07) is 21.7. The van der Waals surface area contributed by atoms with Gasteiger partial charge in [0.1, 0.15) is 0 Å². The van der Waals surface area contributed by atoms with Crippen LogP contribution in [0.1, 0.15) is 40.0 Å². The van der Waals surface area contributed by atoms with E-state index >= 15 is 0 Å². The Morgan fingerprint density at radius 2 is 1.56 bits per heavy atom. The van der Waals surface area contributed by atoms with Crippen LogP contribution in [0.4, 0.5) is 0 Å². The van der Waals surface area contributed by atoms with Gasteiger partial charge in [-0.25, -0.2) is 0 Å². The van der Waals surface area contributed by atoms with Crippen molar-refractivity contribution < 1.29 is 9.16 Å². The molecule has 0 saturated carbocycles. The Labute approximate surface area is 165 Å². The predicted octanol–water partition coefficient (Wildman–Crippen LogP) is 4.69. The van der Waals surface area contributed by atoms with Gasteiger partial charge in [0.15, 0.2) is 0 Å². The van der Waals surface area contributed by atoms with Crippen molar-refractivity contribution in [3.63, 3.8) is 0 Å². The third-order valence-electron chi connectivity index (χ3n) is 5.52. The minimum absolute atomic E-state index is 0.0252. The Hall–Kier alpha value is -1.68. The van der Waals surface area contributed by atoms with Crippen LogP contribution in [-0.2, 0) is 9.16 Å². The van der Waals surface area contributed by atoms with Crippen molar-refractivity contribution in [2.24, 2.45) is 0 Å². The molecule has 0 bridgehead atoms. The number of hydrogen-bond acceptors (Lipinski definition) is 2. The Morgan fingerprint density at radius 1 is 1.00 bits per heavy atom. The highest BCUT2D eigenvalue weighted by molar-refractivity contribution is 6.99. The summed E-state index contributed by atoms with van der Waals surface area (Å²) in [5.41, 5.74) is 1.21. The van der Waals surface area contributed by atoms with Crippen LogP contribution < -0.4 is 10.4 Å². The maximum absolute atomic E-state index is 6.93. The minimum Gasteiger partial charge on any atom is -0.407 e. The largest absolute Gasteiger partial charge is 0.407 e. The highest BCUT2D eigenvalue weighted by Crippen LogP contribution is 2.37. The van der Waals surface area contributed by atoms with Crippen molar-refractivity contribution in [1.82, 2.24) is 0 Å². The van der Waals surface area contributed by atoms with E-state index in [1.54, 1.807) is 0 Å². The van der Waals surface area contributed by atoms with E-state index in [1.807, 2.05) is 0 Å². The monoisotopic (exact) mass is 380 g/mol. The molecule has 0 aromatic heterocycles. The average molecular weight is 381 g/mol. The van der Waals surface area contributed by atoms with Gasteiger partial charge in [-0.15, -0.1) is 0 Å². The maximum atomic E-state index is 6.93. The third kappa shape index (κ3) is 4.42. The second-order valence-electron chi connectivity index (χ2n) is 8.52. The molecular weight excluding hydrogens is 348 g/mol. The summed E-state index contributed by atoms with van der Waals surface area (Å²) in [5, 5.41) is 2.69. The van der Waals surface area contributed by atoms with E-state index in [9.17, 15) is 0 Å². The van der Waals surface area contributed by atoms with Crippen molar-refractivity contribution in [2.75, 3.05) is 13.2 Å². The van der Waals surface area contributed by atoms with Crippen molar-refractivity contribution in [2.45, 2.75) is 51.2 Å². The molecule has 3 rings (SSSR count). The van der Waals surface area contributed by atoms with Crippen LogP contribution >= 0.6 is 0 Å². The van der Waals surface area contributed by atoms with Crippen LogP contribution in [0.15, 0.2) is 72.8 Å². The van der Waals surface area contributed by atoms with Gasteiger partial charge in [-0.3, -0.25) is 0 Å². The SMILES string of the molecule is C=C1CC[C@H](CCO[Si](c2ccccc2)(c2ccccc2)C(C)(C)C)OC1. The van der Waals surface area contributed by atoms with Gasteiger partial charge >= 0.3 is 0 Å². The zero-order chi connectivity index (χ0) is 19.3. The molecule has 2 aromatic carbocycles. The average Bonchev–Trinajstić information content (AvgIpc) is 2.67. The molecule has 0 spiro atoms. The molecule has 0 aliphatic carbocycles. The minimum atomic E-state index is -2.42. The molecule has 144 valence electrons. The first-order valence-electron chi connectivity index (χ1n) is 9.97. The maximum Gasteiger partial charge on any atom is 0.261 e. The lowest BCUT2D eigenvalue weighted by molar-refractivity contribution is 0.0273. The topological polar surface area (TPSA) is 18.5 Å². The van der Waals surface area contributed by atoms with Crippen molar-refractivity contribution >= 4 is 18.7 Å². The zero-order valence-corrected chi connectivity index (χ0v) is 17.9. The first-order chi connectivity index (χ1) is 12.9. The van der Waals surface area contributed by atoms with Gasteiger partial charge in [-0.2, -0.15) is 0 Å². The number of benzene rings is 2. The summed E-state index contributed by atoms with van der Waals surface area (Å²) in [6.45, 7) is 12.4. The van der Waals surface area contributed by atoms with E-state index in [-0.39, 0.29) is 11.1 Å². The quantitative estimate of drug-likeness (QED) is 0.535. The highest BCUT2D eigenvalue weighted by atomic mass is 28.4. The van der Waals surface area contributed by atoms with Gasteiger partial charge in [0, 0.05) is 6.61 Å². The van der Waals surface area contributed by atoms with Crippen LogP contribution in [0.3, 0.4) is 0 Å². The highest BCUT2D eigenvalue weighted by Gasteiger charge is 2.50. The second kappa shape index (κ2) is 8.55. The lowest BCUT2D eigenvalue weighted by Crippen LogP contribution is -2.66. The fourth-order valence-electron chi connectivity index (χ4n) is 4.09. The van der Waals surface area contributed by atoms with Crippen LogP contribution in [-0.4, -0.2) is 27.6 Å². The molecule has 0 amide bonds. The van der Waals surface area contributed by atoms with Gasteiger partial charge in [-0.05, 0) is 34.7 Å². The summed E-state index contributed by atoms with van der Waals surface area (Å²) in [6.07, 6.45) is 3.36. The van der Waals surface area contributed by atoms with Crippen LogP contribution in [0.25, 0.3) is 0 Å². The Morgan fingerprint density at radius 3 is 2.00 bits per heavy atom. The molecule has 0 N–H and O–H groups in total. The van der Waals surface area contributed by atoms with E-state index < -0.39 is 8.32 Å². The van der Waals surface area contributed by atoms with Crippen molar-refractivity contribution in [1.29, 1.82) is 0 Å². The molecule has 1 atom stereocenters. The van der Waals surface area contributed by atoms with Gasteiger partial charge in [0.05, 0.1) is 12.7 Å². The zero-order valence-electron chi connectivity index (χ0n) is 16.9. The molecule has 1 aliphatic heterocycles. The first-order valence-corrected chi connectivity index (χ1v) is 11.9. The Bertz CT molecular complexity index is 684. The third-order valence-corrected chi connectivity index (χ3v) is 10.6. The normalized spacial score (nSPS) is 18.5. The van der Waals surface area contributed by atoms with Gasteiger partial charge < -0.3 is 9.16 Å². The van der Waals surface area contributed by atoms with E-state index in [2.05, 4.69) is 88.0 Å². The molecule has 1 heterocycles. The van der Waals surface area contributed by atoms with Gasteiger partial charge in [0.25, 0.3) is 8.32 Å². The van der Waals surface area contributed by atoms with Gasteiger partial charge in [-0.1, -0.05) is 93.6 Å². The second-order valence-corrected chi connectivity index (χ2v) is 12.8. The summed E-state index contributed by atoms with van der Waals surface area (Å²) in [5.74, 6) is 0. The molecule has 1 aliphatic rings. The number of hydrogen-bond donors (Lipinski definition) is 0. The van der Waals surface area contributed by atoms with E-state index in [1.165, 1.54) is 15.9 Å². The fourth-order valence-corrected chi connectivity index (χ4v) is 8.67. The molecule has 27 heavy (non-hydrogen) atoms. The predicted molar refractivity (Wildman–Crippen MR) is 116 cm³/mol. The molecule has 2 nitrogen and oxygen atoms in total. The fraction of sp³-hybridized carbons (Fsp3) is 0.417. The van der Waals surface area contributed by atoms with Crippen molar-refractivity contribution in [3.05, 3.63) is 72.8 Å². The molecule has 1 saturated heterocycles. The summed E-state index contributed by atoms with van der Waals surface area (Å²) < 4.78 is 12.9. The smallest absolute Gasteiger partial charge is 0.261 e. The lowest BCUT2D eigenvalue weighted by atomic mass is 10.0. The Balaban J connectivity index is 1.88. The summed E-state index contributed by atoms with van der Waals surface area (Å²) >= 11 is 0. The van der Waals surface area contributed by atoms with Gasteiger partial charge in [0.2, 0.25) is 0 Å². The van der Waals surface area contributed by atoms with Crippen LogP contribution in [0, 0.1) is 0 Å². The molecule has 0 radical (unpaired) electrons. The molecule has 2 aromatic rings. The molecule has 3 heteroatoms. The van der Waals surface area contributed by atoms with E-state index in [0.29, 0.717) is 6.61 Å². The molecular formula is C24H32O2Si. The Kier molecular flexibility index (Phi) is 6.35. The standard InChI is InChI=1S/C24H32O2Si/c1-20-15-16-21(25-19-20)17-18-26-27(24(2,3)4,22-11-7-5-8-12-22)23-13-9-6-10-14-23/h5-14,21H,1,15-19H2,2-4H3/t21-/m1/s1. The molecule has 1 fully saturated rings. The lowest BCUT2D eigenvalue weighted by Gasteiger charge is -2.43. The van der Waals surface area contributed by atoms with Crippen molar-refractivity contribution in [3.8, 4) is 0 Å².